The number of rotatable bonds is 6. The number of pyridine rings is 1. The predicted molar refractivity (Wildman–Crippen MR) is 120 cm³/mol. The van der Waals surface area contributed by atoms with Crippen molar-refractivity contribution in [2.75, 3.05) is 44.7 Å². The van der Waals surface area contributed by atoms with Gasteiger partial charge in [-0.1, -0.05) is 12.1 Å². The molecule has 33 heavy (non-hydrogen) atoms. The summed E-state index contributed by atoms with van der Waals surface area (Å²) in [4.78, 5) is 47.6. The molecule has 1 aromatic heterocycles. The molecule has 2 N–H and O–H groups in total. The van der Waals surface area contributed by atoms with Gasteiger partial charge in [0.2, 0.25) is 5.91 Å². The fraction of sp³-hybridized carbons (Fsp3) is 0.391. The molecule has 3 heterocycles. The lowest BCUT2D eigenvalue weighted by Gasteiger charge is -2.33. The average molecular weight is 455 g/mol. The molecule has 0 saturated carbocycles. The van der Waals surface area contributed by atoms with E-state index in [9.17, 15) is 18.8 Å². The van der Waals surface area contributed by atoms with E-state index in [0.717, 1.165) is 42.5 Å². The highest BCUT2D eigenvalue weighted by Gasteiger charge is 2.49. The predicted octanol–water partition coefficient (Wildman–Crippen LogP) is 1.06. The first-order valence-electron chi connectivity index (χ1n) is 10.8. The van der Waals surface area contributed by atoms with E-state index in [4.69, 9.17) is 0 Å². The molecule has 1 atom stereocenters. The highest BCUT2D eigenvalue weighted by molar-refractivity contribution is 6.09. The molecule has 2 aliphatic heterocycles. The molecule has 0 spiro atoms. The van der Waals surface area contributed by atoms with Gasteiger partial charge in [-0.15, -0.1) is 0 Å². The van der Waals surface area contributed by atoms with E-state index in [1.54, 1.807) is 6.20 Å². The van der Waals surface area contributed by atoms with Crippen molar-refractivity contribution in [2.45, 2.75) is 19.0 Å². The van der Waals surface area contributed by atoms with Crippen LogP contribution in [0, 0.1) is 5.82 Å². The first kappa shape index (κ1) is 22.7. The van der Waals surface area contributed by atoms with Crippen molar-refractivity contribution >= 4 is 23.7 Å². The highest BCUT2D eigenvalue weighted by Crippen LogP contribution is 2.28. The van der Waals surface area contributed by atoms with E-state index in [1.807, 2.05) is 12.1 Å². The van der Waals surface area contributed by atoms with Crippen LogP contribution >= 0.6 is 0 Å². The van der Waals surface area contributed by atoms with Crippen molar-refractivity contribution in [1.82, 2.24) is 25.4 Å². The van der Waals surface area contributed by atoms with Crippen LogP contribution < -0.4 is 15.5 Å². The number of amides is 4. The van der Waals surface area contributed by atoms with Crippen LogP contribution in [-0.4, -0.2) is 72.4 Å². The first-order valence-corrected chi connectivity index (χ1v) is 10.8. The SMILES string of the molecule is CN1CCN(c2cc(CNC(=O)CN3C(=O)NC(C)(c4ccc(F)cc4)C3=O)ccn2)CC1. The molecule has 10 heteroatoms. The monoisotopic (exact) mass is 454 g/mol. The van der Waals surface area contributed by atoms with Gasteiger partial charge < -0.3 is 20.4 Å². The number of halogens is 1. The Bertz CT molecular complexity index is 1050. The normalized spacial score (nSPS) is 21.3. The lowest BCUT2D eigenvalue weighted by atomic mass is 9.92. The smallest absolute Gasteiger partial charge is 0.325 e. The maximum Gasteiger partial charge on any atom is 0.325 e. The standard InChI is InChI=1S/C23H27FN6O3/c1-23(17-3-5-18(24)6-4-17)21(32)30(22(33)27-23)15-20(31)26-14-16-7-8-25-19(13-16)29-11-9-28(2)10-12-29/h3-8,13H,9-12,14-15H2,1-2H3,(H,26,31)(H,27,33). The Balaban J connectivity index is 1.35. The maximum absolute atomic E-state index is 13.2. The zero-order valence-corrected chi connectivity index (χ0v) is 18.7. The van der Waals surface area contributed by atoms with E-state index in [-0.39, 0.29) is 6.54 Å². The fourth-order valence-corrected chi connectivity index (χ4v) is 4.00. The summed E-state index contributed by atoms with van der Waals surface area (Å²) in [6.07, 6.45) is 1.71. The molecule has 2 fully saturated rings. The number of nitrogens with zero attached hydrogens (tertiary/aromatic N) is 4. The van der Waals surface area contributed by atoms with Crippen molar-refractivity contribution in [2.24, 2.45) is 0 Å². The molecule has 0 aliphatic carbocycles. The summed E-state index contributed by atoms with van der Waals surface area (Å²) < 4.78 is 13.2. The minimum atomic E-state index is -1.35. The van der Waals surface area contributed by atoms with Crippen molar-refractivity contribution in [3.05, 3.63) is 59.5 Å². The van der Waals surface area contributed by atoms with E-state index in [1.165, 1.54) is 31.2 Å². The summed E-state index contributed by atoms with van der Waals surface area (Å²) in [5, 5.41) is 5.37. The Labute approximate surface area is 191 Å². The zero-order chi connectivity index (χ0) is 23.6. The molecule has 9 nitrogen and oxygen atoms in total. The summed E-state index contributed by atoms with van der Waals surface area (Å²) >= 11 is 0. The molecule has 0 radical (unpaired) electrons. The van der Waals surface area contributed by atoms with Gasteiger partial charge in [-0.2, -0.15) is 0 Å². The molecule has 1 aromatic carbocycles. The molecular formula is C23H27FN6O3. The van der Waals surface area contributed by atoms with Crippen molar-refractivity contribution in [3.63, 3.8) is 0 Å². The third kappa shape index (κ3) is 4.80. The van der Waals surface area contributed by atoms with E-state index in [2.05, 4.69) is 32.5 Å². The second-order valence-electron chi connectivity index (χ2n) is 8.54. The number of carbonyl (C=O) groups is 3. The number of benzene rings is 1. The van der Waals surface area contributed by atoms with Gasteiger partial charge in [-0.25, -0.2) is 14.2 Å². The van der Waals surface area contributed by atoms with E-state index >= 15 is 0 Å². The molecular weight excluding hydrogens is 427 g/mol. The summed E-state index contributed by atoms with van der Waals surface area (Å²) in [6, 6.07) is 8.42. The summed E-state index contributed by atoms with van der Waals surface area (Å²) in [5.41, 5.74) is -0.0351. The number of anilines is 1. The largest absolute Gasteiger partial charge is 0.354 e. The Morgan fingerprint density at radius 3 is 2.55 bits per heavy atom. The van der Waals surface area contributed by atoms with Crippen molar-refractivity contribution in [3.8, 4) is 0 Å². The van der Waals surface area contributed by atoms with Gasteiger partial charge in [-0.05, 0) is 49.4 Å². The minimum Gasteiger partial charge on any atom is -0.354 e. The molecule has 174 valence electrons. The molecule has 2 saturated heterocycles. The van der Waals surface area contributed by atoms with Crippen molar-refractivity contribution in [1.29, 1.82) is 0 Å². The van der Waals surface area contributed by atoms with E-state index < -0.39 is 35.7 Å². The number of imide groups is 1. The number of carbonyl (C=O) groups excluding carboxylic acids is 3. The van der Waals surface area contributed by atoms with Gasteiger partial charge in [0.15, 0.2) is 0 Å². The summed E-state index contributed by atoms with van der Waals surface area (Å²) in [5.74, 6) is -0.600. The van der Waals surface area contributed by atoms with Crippen LogP contribution in [0.25, 0.3) is 0 Å². The highest BCUT2D eigenvalue weighted by atomic mass is 19.1. The number of aromatic nitrogens is 1. The Hall–Kier alpha value is -3.53. The number of hydrogen-bond acceptors (Lipinski definition) is 6. The van der Waals surface area contributed by atoms with Gasteiger partial charge in [0.1, 0.15) is 23.7 Å². The molecule has 4 rings (SSSR count). The minimum absolute atomic E-state index is 0.251. The Morgan fingerprint density at radius 1 is 1.15 bits per heavy atom. The van der Waals surface area contributed by atoms with Crippen LogP contribution in [-0.2, 0) is 21.7 Å². The zero-order valence-electron chi connectivity index (χ0n) is 18.7. The Morgan fingerprint density at radius 2 is 1.85 bits per heavy atom. The molecule has 2 aliphatic rings. The summed E-state index contributed by atoms with van der Waals surface area (Å²) in [7, 11) is 2.09. The van der Waals surface area contributed by atoms with Gasteiger partial charge in [0.05, 0.1) is 0 Å². The van der Waals surface area contributed by atoms with Gasteiger partial charge in [0.25, 0.3) is 5.91 Å². The lowest BCUT2D eigenvalue weighted by Crippen LogP contribution is -2.44. The molecule has 4 amide bonds. The average Bonchev–Trinajstić information content (AvgIpc) is 3.02. The van der Waals surface area contributed by atoms with Crippen LogP contribution in [0.2, 0.25) is 0 Å². The van der Waals surface area contributed by atoms with Crippen LogP contribution in [0.15, 0.2) is 42.6 Å². The second kappa shape index (κ2) is 9.14. The number of likely N-dealkylation sites (N-methyl/N-ethyl adjacent to an activating group) is 1. The molecule has 0 bridgehead atoms. The van der Waals surface area contributed by atoms with Crippen LogP contribution in [0.3, 0.4) is 0 Å². The van der Waals surface area contributed by atoms with Crippen LogP contribution in [0.4, 0.5) is 15.0 Å². The third-order valence-corrected chi connectivity index (χ3v) is 6.13. The first-order chi connectivity index (χ1) is 15.8. The number of piperazine rings is 1. The molecule has 2 aromatic rings. The number of urea groups is 1. The fourth-order valence-electron chi connectivity index (χ4n) is 4.00. The quantitative estimate of drug-likeness (QED) is 0.634. The number of nitrogens with one attached hydrogen (secondary N) is 2. The second-order valence-corrected chi connectivity index (χ2v) is 8.54. The number of hydrogen-bond donors (Lipinski definition) is 2. The molecule has 1 unspecified atom stereocenters. The van der Waals surface area contributed by atoms with Gasteiger partial charge >= 0.3 is 6.03 Å². The summed E-state index contributed by atoms with van der Waals surface area (Å²) in [6.45, 7) is 5.08. The third-order valence-electron chi connectivity index (χ3n) is 6.13. The van der Waals surface area contributed by atoms with E-state index in [0.29, 0.717) is 5.56 Å². The van der Waals surface area contributed by atoms with Crippen LogP contribution in [0.5, 0.6) is 0 Å². The lowest BCUT2D eigenvalue weighted by molar-refractivity contribution is -0.134. The van der Waals surface area contributed by atoms with Gasteiger partial charge in [0, 0.05) is 38.9 Å². The Kier molecular flexibility index (Phi) is 6.28. The van der Waals surface area contributed by atoms with Crippen molar-refractivity contribution < 1.29 is 18.8 Å². The van der Waals surface area contributed by atoms with Crippen LogP contribution in [0.1, 0.15) is 18.1 Å². The van der Waals surface area contributed by atoms with Gasteiger partial charge in [-0.3, -0.25) is 14.5 Å². The maximum atomic E-state index is 13.2. The topological polar surface area (TPSA) is 97.9 Å².